The largest absolute Gasteiger partial charge is 0.484 e. The van der Waals surface area contributed by atoms with Gasteiger partial charge in [0.15, 0.2) is 23.8 Å². The summed E-state index contributed by atoms with van der Waals surface area (Å²) in [7, 11) is 0. The van der Waals surface area contributed by atoms with Gasteiger partial charge in [0.1, 0.15) is 11.6 Å². The Morgan fingerprint density at radius 3 is 2.62 bits per heavy atom. The number of nitrogens with two attached hydrogens (primary N) is 1. The highest BCUT2D eigenvalue weighted by Gasteiger charge is 2.24. The third-order valence-corrected chi connectivity index (χ3v) is 9.08. The molecule has 0 saturated carbocycles. The number of aromatic nitrogens is 4. The number of nitrogen functional groups attached to an aromatic ring is 1. The molecule has 2 saturated heterocycles. The highest BCUT2D eigenvalue weighted by atomic mass is 32.2. The smallest absolute Gasteiger partial charge is 0.257 e. The molecule has 2 aliphatic heterocycles. The van der Waals surface area contributed by atoms with Crippen molar-refractivity contribution in [2.24, 2.45) is 0 Å². The molecule has 0 unspecified atom stereocenters. The molecule has 2 fully saturated rings. The summed E-state index contributed by atoms with van der Waals surface area (Å²) in [5.41, 5.74) is 7.19. The lowest BCUT2D eigenvalue weighted by Crippen LogP contribution is -2.48. The van der Waals surface area contributed by atoms with Crippen molar-refractivity contribution >= 4 is 47.2 Å². The van der Waals surface area contributed by atoms with Crippen molar-refractivity contribution in [1.82, 2.24) is 34.7 Å². The number of morpholine rings is 1. The number of hydrogen-bond donors (Lipinski definition) is 2. The Morgan fingerprint density at radius 2 is 1.92 bits per heavy atom. The van der Waals surface area contributed by atoms with Crippen molar-refractivity contribution in [3.63, 3.8) is 0 Å². The number of anilines is 3. The Kier molecular flexibility index (Phi) is 10.9. The van der Waals surface area contributed by atoms with E-state index in [9.17, 15) is 9.59 Å². The molecule has 256 valence electrons. The molecule has 17 heteroatoms. The van der Waals surface area contributed by atoms with Crippen LogP contribution in [0.15, 0.2) is 45.9 Å². The number of fused-ring (bicyclic) bond motifs is 1. The number of thioether (sulfide) groups is 1. The molecular formula is C31H39FN10O5S. The molecule has 0 bridgehead atoms. The fraction of sp³-hybridized carbons (Fsp3) is 0.452. The van der Waals surface area contributed by atoms with Crippen molar-refractivity contribution in [1.29, 1.82) is 0 Å². The average Bonchev–Trinajstić information content (AvgIpc) is 3.80. The first-order chi connectivity index (χ1) is 23.4. The summed E-state index contributed by atoms with van der Waals surface area (Å²) in [5, 5.41) is 7.27. The summed E-state index contributed by atoms with van der Waals surface area (Å²) in [6.45, 7) is 7.74. The first-order valence-corrected chi connectivity index (χ1v) is 17.0. The number of furan rings is 1. The lowest BCUT2D eigenvalue weighted by Gasteiger charge is -2.36. The fourth-order valence-corrected chi connectivity index (χ4v) is 6.36. The minimum absolute atomic E-state index is 0.102. The molecule has 0 aliphatic carbocycles. The molecule has 2 aliphatic rings. The number of carbonyl (C=O) groups excluding carboxylic acids is 2. The molecule has 1 aromatic carbocycles. The van der Waals surface area contributed by atoms with Gasteiger partial charge < -0.3 is 29.8 Å². The number of benzene rings is 1. The Balaban J connectivity index is 0.988. The van der Waals surface area contributed by atoms with Crippen molar-refractivity contribution in [3.8, 4) is 17.3 Å². The van der Waals surface area contributed by atoms with Crippen molar-refractivity contribution in [2.45, 2.75) is 4.90 Å². The van der Waals surface area contributed by atoms with Gasteiger partial charge in [-0.15, -0.1) is 16.9 Å². The number of carbonyl (C=O) groups is 2. The van der Waals surface area contributed by atoms with Gasteiger partial charge in [-0.05, 0) is 30.5 Å². The molecular weight excluding hydrogens is 643 g/mol. The van der Waals surface area contributed by atoms with Gasteiger partial charge in [0.25, 0.3) is 5.91 Å². The number of rotatable bonds is 14. The number of halogens is 1. The van der Waals surface area contributed by atoms with Gasteiger partial charge in [-0.2, -0.15) is 9.50 Å². The molecule has 0 radical (unpaired) electrons. The molecule has 0 atom stereocenters. The Bertz CT molecular complexity index is 1690. The zero-order chi connectivity index (χ0) is 33.5. The summed E-state index contributed by atoms with van der Waals surface area (Å²) in [4.78, 5) is 42.2. The van der Waals surface area contributed by atoms with Crippen LogP contribution in [-0.2, 0) is 14.3 Å². The second-order valence-electron chi connectivity index (χ2n) is 11.3. The van der Waals surface area contributed by atoms with Gasteiger partial charge in [0.2, 0.25) is 18.2 Å². The van der Waals surface area contributed by atoms with Crippen LogP contribution in [0, 0.1) is 5.82 Å². The molecule has 6 rings (SSSR count). The van der Waals surface area contributed by atoms with Crippen LogP contribution in [-0.4, -0.2) is 133 Å². The lowest BCUT2D eigenvalue weighted by molar-refractivity contribution is -0.123. The quantitative estimate of drug-likeness (QED) is 0.145. The third kappa shape index (κ3) is 7.81. The number of ether oxygens (including phenoxy) is 2. The van der Waals surface area contributed by atoms with Crippen LogP contribution in [0.2, 0.25) is 0 Å². The molecule has 2 amide bonds. The first-order valence-electron chi connectivity index (χ1n) is 15.8. The minimum Gasteiger partial charge on any atom is -0.484 e. The summed E-state index contributed by atoms with van der Waals surface area (Å²) in [6, 6.07) is 8.18. The fourth-order valence-electron chi connectivity index (χ4n) is 5.69. The van der Waals surface area contributed by atoms with Crippen LogP contribution in [0.3, 0.4) is 0 Å². The van der Waals surface area contributed by atoms with Crippen LogP contribution in [0.25, 0.3) is 17.2 Å². The van der Waals surface area contributed by atoms with Gasteiger partial charge in [0, 0.05) is 71.5 Å². The Morgan fingerprint density at radius 1 is 1.12 bits per heavy atom. The molecule has 3 N–H and O–H groups in total. The molecule has 4 aromatic rings. The highest BCUT2D eigenvalue weighted by molar-refractivity contribution is 7.99. The summed E-state index contributed by atoms with van der Waals surface area (Å²) in [5.74, 6) is 1.02. The topological polar surface area (TPSA) is 160 Å². The van der Waals surface area contributed by atoms with E-state index in [1.807, 2.05) is 11.2 Å². The first kappa shape index (κ1) is 33.5. The normalized spacial score (nSPS) is 15.9. The zero-order valence-electron chi connectivity index (χ0n) is 26.7. The van der Waals surface area contributed by atoms with E-state index >= 15 is 4.39 Å². The average molecular weight is 683 g/mol. The van der Waals surface area contributed by atoms with Gasteiger partial charge >= 0.3 is 0 Å². The highest BCUT2D eigenvalue weighted by Crippen LogP contribution is 2.33. The van der Waals surface area contributed by atoms with Gasteiger partial charge in [-0.3, -0.25) is 24.3 Å². The molecule has 3 aromatic heterocycles. The second kappa shape index (κ2) is 15.6. The van der Waals surface area contributed by atoms with E-state index in [1.54, 1.807) is 30.5 Å². The monoisotopic (exact) mass is 682 g/mol. The molecule has 48 heavy (non-hydrogen) atoms. The summed E-state index contributed by atoms with van der Waals surface area (Å²) < 4.78 is 32.9. The van der Waals surface area contributed by atoms with E-state index in [-0.39, 0.29) is 18.5 Å². The maximum Gasteiger partial charge on any atom is 0.257 e. The van der Waals surface area contributed by atoms with Crippen molar-refractivity contribution in [2.75, 3.05) is 107 Å². The maximum absolute atomic E-state index is 15.1. The van der Waals surface area contributed by atoms with Gasteiger partial charge in [0.05, 0.1) is 30.1 Å². The minimum atomic E-state index is -0.409. The van der Waals surface area contributed by atoms with Crippen LogP contribution in [0.4, 0.5) is 21.8 Å². The van der Waals surface area contributed by atoms with Crippen LogP contribution >= 0.6 is 11.8 Å². The maximum atomic E-state index is 15.1. The van der Waals surface area contributed by atoms with Crippen LogP contribution in [0.1, 0.15) is 0 Å². The van der Waals surface area contributed by atoms with E-state index in [0.29, 0.717) is 98.4 Å². The number of piperazine rings is 1. The van der Waals surface area contributed by atoms with E-state index < -0.39 is 5.82 Å². The number of nitrogens with zero attached hydrogens (tertiary/aromatic N) is 8. The van der Waals surface area contributed by atoms with E-state index in [1.165, 1.54) is 27.2 Å². The summed E-state index contributed by atoms with van der Waals surface area (Å²) >= 11 is 1.40. The molecule has 5 heterocycles. The van der Waals surface area contributed by atoms with Gasteiger partial charge in [-0.1, -0.05) is 0 Å². The summed E-state index contributed by atoms with van der Waals surface area (Å²) in [6.07, 6.45) is 4.16. The number of hydrogen-bond acceptors (Lipinski definition) is 13. The standard InChI is InChI=1S/C31H39FN10O5S/c1-48-27-29(36-31(33)42-30(27)35-28(37-42)25-3-2-16-46-25)41(21-43)13-10-39-8-11-40(12-9-39)24-5-4-22(19-23(24)32)47-20-26(44)34-6-7-38-14-17-45-18-15-38/h2-5,16,19,21H,6-15,17-18,20H2,1H3,(H2,33,36)(H,34,44). The van der Waals surface area contributed by atoms with Gasteiger partial charge in [-0.25, -0.2) is 9.37 Å². The predicted octanol–water partition coefficient (Wildman–Crippen LogP) is 1.44. The molecule has 15 nitrogen and oxygen atoms in total. The second-order valence-corrected chi connectivity index (χ2v) is 12.1. The van der Waals surface area contributed by atoms with E-state index in [4.69, 9.17) is 19.6 Å². The lowest BCUT2D eigenvalue weighted by atomic mass is 10.2. The molecule has 0 spiro atoms. The van der Waals surface area contributed by atoms with Crippen molar-refractivity contribution in [3.05, 3.63) is 42.4 Å². The van der Waals surface area contributed by atoms with E-state index in [2.05, 4.69) is 30.2 Å². The SMILES string of the molecule is CSc1c(N(C=O)CCN2CCN(c3ccc(OCC(=O)NCCN4CCOCC4)cc3F)CC2)nc(N)n2nc(-c3ccco3)nc12. The van der Waals surface area contributed by atoms with Crippen LogP contribution < -0.4 is 25.6 Å². The zero-order valence-corrected chi connectivity index (χ0v) is 27.5. The Labute approximate surface area is 281 Å². The number of nitrogens with one attached hydrogen (secondary N) is 1. The number of amides is 2. The van der Waals surface area contributed by atoms with Crippen molar-refractivity contribution < 1.29 is 27.9 Å². The van der Waals surface area contributed by atoms with Crippen LogP contribution in [0.5, 0.6) is 5.75 Å². The van der Waals surface area contributed by atoms with E-state index in [0.717, 1.165) is 26.0 Å². The Hall–Kier alpha value is -4.45. The predicted molar refractivity (Wildman–Crippen MR) is 179 cm³/mol. The third-order valence-electron chi connectivity index (χ3n) is 8.31.